The zero-order valence-corrected chi connectivity index (χ0v) is 40.8. The molecule has 3 aromatic heterocycles. The predicted octanol–water partition coefficient (Wildman–Crippen LogP) is 13.7. The molecule has 9 rings (SSSR count). The van der Waals surface area contributed by atoms with Crippen molar-refractivity contribution in [1.29, 1.82) is 0 Å². The third-order valence-electron chi connectivity index (χ3n) is 12.8. The molecule has 5 nitrogen and oxygen atoms in total. The van der Waals surface area contributed by atoms with Crippen LogP contribution in [0.2, 0.25) is 0 Å². The van der Waals surface area contributed by atoms with E-state index in [1.807, 2.05) is 47.4 Å². The summed E-state index contributed by atoms with van der Waals surface area (Å²) in [7, 11) is 0. The maximum Gasteiger partial charge on any atom is 0.267 e. The third kappa shape index (κ3) is 8.51. The quantitative estimate of drug-likeness (QED) is 0.107. The molecule has 0 aliphatic carbocycles. The van der Waals surface area contributed by atoms with Gasteiger partial charge in [-0.1, -0.05) is 154 Å². The Morgan fingerprint density at radius 1 is 0.531 bits per heavy atom. The fraction of sp³-hybridized carbons (Fsp3) is 0.241. The Bertz CT molecular complexity index is 3080. The molecule has 0 radical (unpaired) electrons. The first-order chi connectivity index (χ1) is 30.0. The minimum atomic E-state index is -0.244. The summed E-state index contributed by atoms with van der Waals surface area (Å²) in [6.07, 6.45) is 9.52. The fourth-order valence-electron chi connectivity index (χ4n) is 8.55. The molecular weight excluding hydrogens is 964 g/mol. The largest absolute Gasteiger partial charge is 0.510 e. The van der Waals surface area contributed by atoms with E-state index < -0.39 is 0 Å². The fourth-order valence-corrected chi connectivity index (χ4v) is 8.55. The minimum absolute atomic E-state index is 0. The van der Waals surface area contributed by atoms with E-state index in [0.29, 0.717) is 11.5 Å². The van der Waals surface area contributed by atoms with Gasteiger partial charge in [0, 0.05) is 67.5 Å². The number of pyridine rings is 1. The first kappa shape index (κ1) is 44.6. The molecule has 0 aliphatic heterocycles. The Hall–Kier alpha value is -6.03. The monoisotopic (exact) mass is 1020 g/mol. The number of rotatable bonds is 9. The van der Waals surface area contributed by atoms with E-state index in [9.17, 15) is 0 Å². The molecule has 326 valence electrons. The molecule has 0 atom stereocenters. The Morgan fingerprint density at radius 2 is 1.14 bits per heavy atom. The van der Waals surface area contributed by atoms with Crippen molar-refractivity contribution in [3.63, 3.8) is 0 Å². The molecule has 0 bridgehead atoms. The number of benzene rings is 6. The van der Waals surface area contributed by atoms with Crippen LogP contribution in [0, 0.1) is 18.5 Å². The van der Waals surface area contributed by atoms with Crippen LogP contribution in [-0.4, -0.2) is 14.1 Å². The van der Waals surface area contributed by atoms with Gasteiger partial charge in [-0.15, -0.1) is 29.7 Å². The van der Waals surface area contributed by atoms with Crippen LogP contribution in [0.4, 0.5) is 0 Å². The number of hydrogen-bond donors (Lipinski definition) is 0. The molecular formula is C58H56N4OPt-2. The van der Waals surface area contributed by atoms with Gasteiger partial charge < -0.3 is 13.9 Å². The Morgan fingerprint density at radius 3 is 1.77 bits per heavy atom. The molecule has 0 unspecified atom stereocenters. The molecule has 0 N–H and O–H groups in total. The Balaban J connectivity index is 0.00000560. The molecule has 0 saturated heterocycles. The number of ether oxygens (including phenoxy) is 1. The summed E-state index contributed by atoms with van der Waals surface area (Å²) in [5, 5.41) is 2.21. The minimum Gasteiger partial charge on any atom is -0.510 e. The van der Waals surface area contributed by atoms with Crippen molar-refractivity contribution < 1.29 is 30.4 Å². The topological polar surface area (TPSA) is 35.9 Å². The summed E-state index contributed by atoms with van der Waals surface area (Å²) in [4.78, 5) is 5.01. The SMILES string of the molecule is CC(C)(C)c1cc(-[n+]2[c-]n(-c3[c-]c(Oc4[c-]c5c(cc4)c4cc(C(C)(C)c6ccccc6)ccc4n5-c4cc(C(C)(C)c5ccccc5)ccn4)ccc3)cc2)cc(C(C)(C)C)c1.[Pt]. The van der Waals surface area contributed by atoms with Crippen LogP contribution in [0.1, 0.15) is 103 Å². The summed E-state index contributed by atoms with van der Waals surface area (Å²) in [5.41, 5.74) is 10.9. The predicted molar refractivity (Wildman–Crippen MR) is 257 cm³/mol. The van der Waals surface area contributed by atoms with Gasteiger partial charge in [0.2, 0.25) is 0 Å². The van der Waals surface area contributed by atoms with Gasteiger partial charge in [-0.05, 0) is 85.6 Å². The Kier molecular flexibility index (Phi) is 11.7. The van der Waals surface area contributed by atoms with Gasteiger partial charge in [-0.3, -0.25) is 4.57 Å². The summed E-state index contributed by atoms with van der Waals surface area (Å²) in [5.74, 6) is 2.00. The van der Waals surface area contributed by atoms with Crippen molar-refractivity contribution in [3.8, 4) is 28.7 Å². The van der Waals surface area contributed by atoms with Crippen LogP contribution < -0.4 is 9.30 Å². The molecule has 64 heavy (non-hydrogen) atoms. The average Bonchev–Trinajstić information content (AvgIpc) is 3.90. The molecule has 0 aliphatic rings. The zero-order chi connectivity index (χ0) is 44.3. The first-order valence-electron chi connectivity index (χ1n) is 22.0. The molecule has 0 amide bonds. The van der Waals surface area contributed by atoms with Crippen LogP contribution in [-0.2, 0) is 42.7 Å². The van der Waals surface area contributed by atoms with Crippen molar-refractivity contribution in [2.24, 2.45) is 0 Å². The van der Waals surface area contributed by atoms with Crippen molar-refractivity contribution in [3.05, 3.63) is 210 Å². The van der Waals surface area contributed by atoms with Crippen LogP contribution in [0.5, 0.6) is 11.5 Å². The molecule has 0 spiro atoms. The molecule has 0 saturated carbocycles. The van der Waals surface area contributed by atoms with Crippen molar-refractivity contribution in [1.82, 2.24) is 14.1 Å². The summed E-state index contributed by atoms with van der Waals surface area (Å²) in [6, 6.07) is 56.8. The zero-order valence-electron chi connectivity index (χ0n) is 38.5. The number of hydrogen-bond acceptors (Lipinski definition) is 2. The van der Waals surface area contributed by atoms with E-state index in [0.717, 1.165) is 39.0 Å². The van der Waals surface area contributed by atoms with E-state index in [-0.39, 0.29) is 42.7 Å². The van der Waals surface area contributed by atoms with Gasteiger partial charge in [-0.2, -0.15) is 18.2 Å². The average molecular weight is 1020 g/mol. The maximum absolute atomic E-state index is 6.63. The first-order valence-corrected chi connectivity index (χ1v) is 22.0. The maximum atomic E-state index is 6.63. The van der Waals surface area contributed by atoms with Crippen LogP contribution in [0.25, 0.3) is 39.0 Å². The second-order valence-corrected chi connectivity index (χ2v) is 19.9. The number of aromatic nitrogens is 4. The number of fused-ring (bicyclic) bond motifs is 3. The summed E-state index contributed by atoms with van der Waals surface area (Å²) >= 11 is 0. The van der Waals surface area contributed by atoms with Crippen molar-refractivity contribution in [2.45, 2.75) is 90.9 Å². The van der Waals surface area contributed by atoms with Gasteiger partial charge >= 0.3 is 0 Å². The van der Waals surface area contributed by atoms with Gasteiger partial charge in [0.05, 0.1) is 5.69 Å². The number of imidazole rings is 1. The van der Waals surface area contributed by atoms with E-state index in [1.165, 1.54) is 33.4 Å². The normalized spacial score (nSPS) is 12.4. The summed E-state index contributed by atoms with van der Waals surface area (Å²) < 4.78 is 12.9. The molecule has 6 aromatic carbocycles. The van der Waals surface area contributed by atoms with Gasteiger partial charge in [0.25, 0.3) is 6.33 Å². The Labute approximate surface area is 393 Å². The van der Waals surface area contributed by atoms with Crippen LogP contribution in [0.3, 0.4) is 0 Å². The number of nitrogens with zero attached hydrogens (tertiary/aromatic N) is 4. The van der Waals surface area contributed by atoms with Gasteiger partial charge in [0.1, 0.15) is 5.82 Å². The second-order valence-electron chi connectivity index (χ2n) is 19.9. The van der Waals surface area contributed by atoms with Crippen molar-refractivity contribution >= 4 is 21.8 Å². The van der Waals surface area contributed by atoms with Crippen LogP contribution in [0.15, 0.2) is 158 Å². The van der Waals surface area contributed by atoms with Gasteiger partial charge in [-0.25, -0.2) is 4.98 Å². The third-order valence-corrected chi connectivity index (χ3v) is 12.8. The van der Waals surface area contributed by atoms with E-state index in [4.69, 9.17) is 9.72 Å². The standard InChI is InChI=1S/C58H56N4O.Pt/c1-55(2,3)44-32-45(56(4,5)6)34-47(33-44)61-31-30-60(39-61)46-22-17-23-48(37-46)63-49-25-26-50-51-35-42(57(7,8)40-18-13-11-14-19-40)24-27-52(51)62(53(50)38-49)54-36-43(28-29-59-54)58(9,10)41-20-15-12-16-21-41;/h11-36H,1-10H3;/q-2;. The van der Waals surface area contributed by atoms with Gasteiger partial charge in [0.15, 0.2) is 0 Å². The van der Waals surface area contributed by atoms with E-state index in [1.54, 1.807) is 0 Å². The second kappa shape index (κ2) is 16.8. The molecule has 3 heterocycles. The molecule has 9 aromatic rings. The molecule has 6 heteroatoms. The van der Waals surface area contributed by atoms with Crippen LogP contribution >= 0.6 is 0 Å². The van der Waals surface area contributed by atoms with E-state index in [2.05, 4.69) is 212 Å². The van der Waals surface area contributed by atoms with E-state index >= 15 is 0 Å². The summed E-state index contributed by atoms with van der Waals surface area (Å²) in [6.45, 7) is 22.7. The van der Waals surface area contributed by atoms with Crippen molar-refractivity contribution in [2.75, 3.05) is 0 Å². The smallest absolute Gasteiger partial charge is 0.267 e. The molecule has 0 fully saturated rings.